The molecular weight excluding hydrogens is 332 g/mol. The molecule has 26 heavy (non-hydrogen) atoms. The van der Waals surface area contributed by atoms with E-state index >= 15 is 0 Å². The first-order valence-corrected chi connectivity index (χ1v) is 9.97. The van der Waals surface area contributed by atoms with E-state index in [1.165, 1.54) is 47.6 Å². The van der Waals surface area contributed by atoms with Gasteiger partial charge in [0.15, 0.2) is 0 Å². The van der Waals surface area contributed by atoms with Gasteiger partial charge < -0.3 is 0 Å². The van der Waals surface area contributed by atoms with Gasteiger partial charge in [-0.15, -0.1) is 11.3 Å². The molecule has 0 aliphatic heterocycles. The molecule has 0 atom stereocenters. The molecule has 0 nitrogen and oxygen atoms in total. The second kappa shape index (κ2) is 5.96. The quantitative estimate of drug-likeness (QED) is 0.302. The van der Waals surface area contributed by atoms with Crippen molar-refractivity contribution < 1.29 is 0 Å². The van der Waals surface area contributed by atoms with Crippen LogP contribution in [0.3, 0.4) is 0 Å². The van der Waals surface area contributed by atoms with Crippen LogP contribution in [0.25, 0.3) is 42.1 Å². The van der Waals surface area contributed by atoms with Crippen LogP contribution >= 0.6 is 11.3 Å². The minimum Gasteiger partial charge on any atom is -0.135 e. The van der Waals surface area contributed by atoms with E-state index in [9.17, 15) is 0 Å². The van der Waals surface area contributed by atoms with Crippen LogP contribution in [0.4, 0.5) is 0 Å². The molecule has 0 aliphatic carbocycles. The number of fused-ring (bicyclic) bond motifs is 4. The van der Waals surface area contributed by atoms with Gasteiger partial charge in [0.05, 0.1) is 0 Å². The van der Waals surface area contributed by atoms with Crippen molar-refractivity contribution in [2.45, 2.75) is 19.8 Å². The first-order valence-electron chi connectivity index (χ1n) is 9.16. The number of hydrogen-bond acceptors (Lipinski definition) is 1. The molecule has 0 radical (unpaired) electrons. The number of rotatable bonds is 2. The Bertz CT molecular complexity index is 1260. The molecule has 0 spiro atoms. The fourth-order valence-electron chi connectivity index (χ4n) is 3.85. The second-order valence-electron chi connectivity index (χ2n) is 7.22. The lowest BCUT2D eigenvalue weighted by Crippen LogP contribution is -1.90. The summed E-state index contributed by atoms with van der Waals surface area (Å²) in [6.07, 6.45) is 0. The van der Waals surface area contributed by atoms with Crippen molar-refractivity contribution in [3.63, 3.8) is 0 Å². The van der Waals surface area contributed by atoms with Crippen LogP contribution in [-0.4, -0.2) is 0 Å². The van der Waals surface area contributed by atoms with Crippen molar-refractivity contribution in [3.05, 3.63) is 84.4 Å². The maximum Gasteiger partial charge on any atom is 0.0434 e. The van der Waals surface area contributed by atoms with E-state index in [4.69, 9.17) is 0 Å². The normalized spacial score (nSPS) is 11.8. The summed E-state index contributed by atoms with van der Waals surface area (Å²) in [5.41, 5.74) is 4.10. The van der Waals surface area contributed by atoms with E-state index in [0.717, 1.165) is 0 Å². The predicted octanol–water partition coefficient (Wildman–Crippen LogP) is 8.00. The summed E-state index contributed by atoms with van der Waals surface area (Å²) < 4.78 is 2.75. The molecule has 1 aromatic heterocycles. The Morgan fingerprint density at radius 1 is 0.654 bits per heavy atom. The average molecular weight is 353 g/mol. The predicted molar refractivity (Wildman–Crippen MR) is 116 cm³/mol. The largest absolute Gasteiger partial charge is 0.135 e. The van der Waals surface area contributed by atoms with Crippen molar-refractivity contribution in [2.75, 3.05) is 0 Å². The molecule has 0 saturated heterocycles. The zero-order valence-corrected chi connectivity index (χ0v) is 15.8. The van der Waals surface area contributed by atoms with Crippen LogP contribution < -0.4 is 0 Å². The van der Waals surface area contributed by atoms with Crippen molar-refractivity contribution in [1.29, 1.82) is 0 Å². The molecule has 5 rings (SSSR count). The number of hydrogen-bond donors (Lipinski definition) is 0. The van der Waals surface area contributed by atoms with Crippen molar-refractivity contribution in [3.8, 4) is 11.1 Å². The summed E-state index contributed by atoms with van der Waals surface area (Å²) in [5, 5.41) is 5.38. The van der Waals surface area contributed by atoms with Crippen LogP contribution in [0.2, 0.25) is 0 Å². The van der Waals surface area contributed by atoms with E-state index in [0.29, 0.717) is 5.92 Å². The molecule has 0 N–H and O–H groups in total. The van der Waals surface area contributed by atoms with E-state index in [1.807, 2.05) is 11.3 Å². The lowest BCUT2D eigenvalue weighted by atomic mass is 9.91. The highest BCUT2D eigenvalue weighted by Gasteiger charge is 2.14. The monoisotopic (exact) mass is 352 g/mol. The Labute approximate surface area is 157 Å². The first kappa shape index (κ1) is 15.6. The first-order chi connectivity index (χ1) is 12.7. The Balaban J connectivity index is 1.91. The molecule has 0 bridgehead atoms. The van der Waals surface area contributed by atoms with Gasteiger partial charge in [0.25, 0.3) is 0 Å². The third-order valence-electron chi connectivity index (χ3n) is 5.25. The van der Waals surface area contributed by atoms with E-state index in [-0.39, 0.29) is 0 Å². The van der Waals surface area contributed by atoms with Gasteiger partial charge in [-0.3, -0.25) is 0 Å². The van der Waals surface area contributed by atoms with Crippen LogP contribution in [0, 0.1) is 0 Å². The summed E-state index contributed by atoms with van der Waals surface area (Å²) in [4.78, 5) is 0. The Morgan fingerprint density at radius 3 is 2.23 bits per heavy atom. The number of thiophene rings is 1. The SMILES string of the molecule is CC(C)c1cc(-c2cccc3c2sc2ccccc23)c2ccccc2c1. The Kier molecular flexibility index (Phi) is 3.58. The van der Waals surface area contributed by atoms with Crippen LogP contribution in [0.1, 0.15) is 25.3 Å². The topological polar surface area (TPSA) is 0 Å². The fourth-order valence-corrected chi connectivity index (χ4v) is 5.08. The molecule has 0 amide bonds. The molecule has 126 valence electrons. The van der Waals surface area contributed by atoms with Crippen LogP contribution in [0.5, 0.6) is 0 Å². The fraction of sp³-hybridized carbons (Fsp3) is 0.120. The standard InChI is InChI=1S/C25H20S/c1-16(2)18-14-17-8-3-4-9-19(17)23(15-18)22-12-7-11-21-20-10-5-6-13-24(20)26-25(21)22/h3-16H,1-2H3. The molecule has 1 heteroatoms. The van der Waals surface area contributed by atoms with E-state index in [2.05, 4.69) is 92.7 Å². The summed E-state index contributed by atoms with van der Waals surface area (Å²) in [7, 11) is 0. The summed E-state index contributed by atoms with van der Waals surface area (Å²) in [6, 6.07) is 29.0. The highest BCUT2D eigenvalue weighted by atomic mass is 32.1. The summed E-state index contributed by atoms with van der Waals surface area (Å²) >= 11 is 1.91. The van der Waals surface area contributed by atoms with Gasteiger partial charge in [0.2, 0.25) is 0 Å². The lowest BCUT2D eigenvalue weighted by Gasteiger charge is -2.13. The van der Waals surface area contributed by atoms with Crippen LogP contribution in [-0.2, 0) is 0 Å². The minimum absolute atomic E-state index is 0.514. The minimum atomic E-state index is 0.514. The third-order valence-corrected chi connectivity index (χ3v) is 6.47. The summed E-state index contributed by atoms with van der Waals surface area (Å²) in [6.45, 7) is 4.54. The van der Waals surface area contributed by atoms with Gasteiger partial charge in [-0.05, 0) is 33.9 Å². The number of benzene rings is 4. The lowest BCUT2D eigenvalue weighted by molar-refractivity contribution is 0.869. The highest BCUT2D eigenvalue weighted by molar-refractivity contribution is 7.26. The van der Waals surface area contributed by atoms with Crippen molar-refractivity contribution in [2.24, 2.45) is 0 Å². The average Bonchev–Trinajstić information content (AvgIpc) is 3.06. The van der Waals surface area contributed by atoms with Crippen molar-refractivity contribution in [1.82, 2.24) is 0 Å². The van der Waals surface area contributed by atoms with E-state index in [1.54, 1.807) is 0 Å². The van der Waals surface area contributed by atoms with Gasteiger partial charge >= 0.3 is 0 Å². The van der Waals surface area contributed by atoms with Gasteiger partial charge in [-0.2, -0.15) is 0 Å². The van der Waals surface area contributed by atoms with Gasteiger partial charge in [0, 0.05) is 25.7 Å². The summed E-state index contributed by atoms with van der Waals surface area (Å²) in [5.74, 6) is 0.514. The zero-order valence-electron chi connectivity index (χ0n) is 15.0. The maximum atomic E-state index is 2.40. The smallest absolute Gasteiger partial charge is 0.0434 e. The molecule has 0 aliphatic rings. The molecular formula is C25H20S. The highest BCUT2D eigenvalue weighted by Crippen LogP contribution is 2.42. The molecule has 5 aromatic rings. The second-order valence-corrected chi connectivity index (χ2v) is 8.28. The van der Waals surface area contributed by atoms with Crippen molar-refractivity contribution >= 4 is 42.3 Å². The third kappa shape index (κ3) is 2.35. The maximum absolute atomic E-state index is 2.40. The Hall–Kier alpha value is -2.64. The molecule has 1 heterocycles. The van der Waals surface area contributed by atoms with Gasteiger partial charge in [-0.1, -0.05) is 86.6 Å². The van der Waals surface area contributed by atoms with E-state index < -0.39 is 0 Å². The van der Waals surface area contributed by atoms with Crippen LogP contribution in [0.15, 0.2) is 78.9 Å². The Morgan fingerprint density at radius 2 is 1.38 bits per heavy atom. The molecule has 0 unspecified atom stereocenters. The molecule has 4 aromatic carbocycles. The molecule has 0 fully saturated rings. The molecule has 0 saturated carbocycles. The van der Waals surface area contributed by atoms with Gasteiger partial charge in [-0.25, -0.2) is 0 Å². The van der Waals surface area contributed by atoms with Gasteiger partial charge in [0.1, 0.15) is 0 Å². The zero-order chi connectivity index (χ0) is 17.7.